The molecular weight excluding hydrogens is 278 g/mol. The Morgan fingerprint density at radius 2 is 1.70 bits per heavy atom. The number of nitrogens with zero attached hydrogens (tertiary/aromatic N) is 4. The third-order valence-electron chi connectivity index (χ3n) is 2.64. The number of halogens is 1. The van der Waals surface area contributed by atoms with Gasteiger partial charge in [-0.05, 0) is 37.1 Å². The minimum atomic E-state index is 0.114. The van der Waals surface area contributed by atoms with Gasteiger partial charge >= 0.3 is 6.01 Å². The number of hydrogen-bond donors (Lipinski definition) is 1. The van der Waals surface area contributed by atoms with E-state index in [-0.39, 0.29) is 12.0 Å². The lowest BCUT2D eigenvalue weighted by Gasteiger charge is -2.14. The second kappa shape index (κ2) is 5.50. The van der Waals surface area contributed by atoms with Crippen LogP contribution in [-0.2, 0) is 0 Å². The number of nitrogen functional groups attached to an aromatic ring is 1. The van der Waals surface area contributed by atoms with Gasteiger partial charge in [0.2, 0.25) is 11.9 Å². The quantitative estimate of drug-likeness (QED) is 0.937. The van der Waals surface area contributed by atoms with Crippen molar-refractivity contribution < 1.29 is 4.74 Å². The van der Waals surface area contributed by atoms with Crippen molar-refractivity contribution in [3.05, 3.63) is 28.3 Å². The molecule has 0 unspecified atom stereocenters. The molecule has 0 radical (unpaired) electrons. The molecule has 6 nitrogen and oxygen atoms in total. The monoisotopic (exact) mass is 293 g/mol. The van der Waals surface area contributed by atoms with Gasteiger partial charge in [0, 0.05) is 19.1 Å². The van der Waals surface area contributed by atoms with Crippen LogP contribution in [0.5, 0.6) is 11.8 Å². The molecule has 1 aromatic carbocycles. The van der Waals surface area contributed by atoms with Crippen molar-refractivity contribution in [3.63, 3.8) is 0 Å². The van der Waals surface area contributed by atoms with Crippen molar-refractivity contribution >= 4 is 23.5 Å². The second-order valence-corrected chi connectivity index (χ2v) is 5.08. The van der Waals surface area contributed by atoms with Crippen LogP contribution in [0.4, 0.5) is 11.9 Å². The summed E-state index contributed by atoms with van der Waals surface area (Å²) in [6, 6.07) is 3.80. The van der Waals surface area contributed by atoms with Gasteiger partial charge in [0.15, 0.2) is 0 Å². The Balaban J connectivity index is 2.40. The number of benzene rings is 1. The van der Waals surface area contributed by atoms with Crippen LogP contribution in [0.3, 0.4) is 0 Å². The normalized spacial score (nSPS) is 10.4. The van der Waals surface area contributed by atoms with Crippen LogP contribution in [0.2, 0.25) is 5.02 Å². The van der Waals surface area contributed by atoms with Crippen molar-refractivity contribution in [1.82, 2.24) is 15.0 Å². The summed E-state index contributed by atoms with van der Waals surface area (Å²) in [6.07, 6.45) is 0. The molecule has 20 heavy (non-hydrogen) atoms. The third-order valence-corrected chi connectivity index (χ3v) is 2.86. The molecule has 0 spiro atoms. The highest BCUT2D eigenvalue weighted by molar-refractivity contribution is 6.30. The predicted octanol–water partition coefficient (Wildman–Crippen LogP) is 2.58. The Labute approximate surface area is 122 Å². The molecule has 2 aromatic rings. The van der Waals surface area contributed by atoms with Gasteiger partial charge in [-0.15, -0.1) is 0 Å². The highest BCUT2D eigenvalue weighted by atomic mass is 35.5. The standard InChI is InChI=1S/C13H16ClN5O/c1-7-5-9(14)6-8(2)10(7)20-13-17-11(15)16-12(18-13)19(3)4/h5-6H,1-4H3,(H2,15,16,17,18). The van der Waals surface area contributed by atoms with Gasteiger partial charge in [-0.3, -0.25) is 0 Å². The summed E-state index contributed by atoms with van der Waals surface area (Å²) in [4.78, 5) is 13.9. The van der Waals surface area contributed by atoms with Crippen LogP contribution in [-0.4, -0.2) is 29.0 Å². The Morgan fingerprint density at radius 1 is 1.10 bits per heavy atom. The molecule has 1 heterocycles. The Kier molecular flexibility index (Phi) is 3.94. The number of ether oxygens (including phenoxy) is 1. The van der Waals surface area contributed by atoms with Gasteiger partial charge in [0.1, 0.15) is 5.75 Å². The number of aryl methyl sites for hydroxylation is 2. The fourth-order valence-corrected chi connectivity index (χ4v) is 2.08. The van der Waals surface area contributed by atoms with Crippen LogP contribution in [0, 0.1) is 13.8 Å². The summed E-state index contributed by atoms with van der Waals surface area (Å²) in [6.45, 7) is 3.82. The first-order valence-corrected chi connectivity index (χ1v) is 6.38. The van der Waals surface area contributed by atoms with Crippen molar-refractivity contribution in [2.45, 2.75) is 13.8 Å². The van der Waals surface area contributed by atoms with Crippen molar-refractivity contribution in [1.29, 1.82) is 0 Å². The largest absolute Gasteiger partial charge is 0.424 e. The lowest BCUT2D eigenvalue weighted by molar-refractivity contribution is 0.434. The maximum absolute atomic E-state index is 5.99. The molecule has 0 fully saturated rings. The van der Waals surface area contributed by atoms with E-state index in [1.165, 1.54) is 0 Å². The van der Waals surface area contributed by atoms with Gasteiger partial charge < -0.3 is 15.4 Å². The zero-order chi connectivity index (χ0) is 14.9. The molecule has 0 saturated carbocycles. The summed E-state index contributed by atoms with van der Waals surface area (Å²) < 4.78 is 5.74. The highest BCUT2D eigenvalue weighted by Gasteiger charge is 2.12. The number of nitrogens with two attached hydrogens (primary N) is 1. The van der Waals surface area contributed by atoms with Crippen LogP contribution >= 0.6 is 11.6 Å². The maximum atomic E-state index is 5.99. The Bertz CT molecular complexity index is 622. The Morgan fingerprint density at radius 3 is 2.25 bits per heavy atom. The van der Waals surface area contributed by atoms with Gasteiger partial charge in [0.25, 0.3) is 0 Å². The van der Waals surface area contributed by atoms with E-state index >= 15 is 0 Å². The number of anilines is 2. The molecule has 7 heteroatoms. The van der Waals surface area contributed by atoms with E-state index in [1.54, 1.807) is 4.90 Å². The lowest BCUT2D eigenvalue weighted by atomic mass is 10.1. The van der Waals surface area contributed by atoms with Crippen molar-refractivity contribution in [2.75, 3.05) is 24.7 Å². The molecule has 0 aliphatic heterocycles. The predicted molar refractivity (Wildman–Crippen MR) is 79.6 cm³/mol. The minimum Gasteiger partial charge on any atom is -0.424 e. The average molecular weight is 294 g/mol. The molecular formula is C13H16ClN5O. The van der Waals surface area contributed by atoms with E-state index in [0.717, 1.165) is 11.1 Å². The van der Waals surface area contributed by atoms with Gasteiger partial charge in [-0.25, -0.2) is 0 Å². The zero-order valence-corrected chi connectivity index (χ0v) is 12.6. The van der Waals surface area contributed by atoms with Gasteiger partial charge in [0.05, 0.1) is 0 Å². The smallest absolute Gasteiger partial charge is 0.328 e. The van der Waals surface area contributed by atoms with E-state index in [0.29, 0.717) is 16.7 Å². The van der Waals surface area contributed by atoms with Gasteiger partial charge in [-0.1, -0.05) is 11.6 Å². The van der Waals surface area contributed by atoms with Crippen molar-refractivity contribution in [2.24, 2.45) is 0 Å². The third kappa shape index (κ3) is 3.08. The first-order valence-electron chi connectivity index (χ1n) is 6.00. The first kappa shape index (κ1) is 14.3. The van der Waals surface area contributed by atoms with Crippen molar-refractivity contribution in [3.8, 4) is 11.8 Å². The summed E-state index contributed by atoms with van der Waals surface area (Å²) in [5, 5.41) is 0.663. The number of rotatable bonds is 3. The number of aromatic nitrogens is 3. The first-order chi connectivity index (χ1) is 9.36. The van der Waals surface area contributed by atoms with E-state index in [1.807, 2.05) is 40.1 Å². The topological polar surface area (TPSA) is 77.2 Å². The zero-order valence-electron chi connectivity index (χ0n) is 11.8. The van der Waals surface area contributed by atoms with Crippen LogP contribution in [0.25, 0.3) is 0 Å². The van der Waals surface area contributed by atoms with E-state index in [4.69, 9.17) is 22.1 Å². The molecule has 2 rings (SSSR count). The molecule has 0 bridgehead atoms. The Hall–Kier alpha value is -2.08. The summed E-state index contributed by atoms with van der Waals surface area (Å²) >= 11 is 5.99. The summed E-state index contributed by atoms with van der Waals surface area (Å²) in [5.74, 6) is 1.23. The second-order valence-electron chi connectivity index (χ2n) is 4.64. The van der Waals surface area contributed by atoms with Gasteiger partial charge in [-0.2, -0.15) is 15.0 Å². The molecule has 0 aliphatic rings. The molecule has 1 aromatic heterocycles. The SMILES string of the molecule is Cc1cc(Cl)cc(C)c1Oc1nc(N)nc(N(C)C)n1. The summed E-state index contributed by atoms with van der Waals surface area (Å²) in [5.41, 5.74) is 7.47. The van der Waals surface area contributed by atoms with Crippen LogP contribution < -0.4 is 15.4 Å². The molecule has 2 N–H and O–H groups in total. The lowest BCUT2D eigenvalue weighted by Crippen LogP contribution is -2.15. The minimum absolute atomic E-state index is 0.114. The van der Waals surface area contributed by atoms with Crippen LogP contribution in [0.15, 0.2) is 12.1 Å². The molecule has 106 valence electrons. The summed E-state index contributed by atoms with van der Waals surface area (Å²) in [7, 11) is 3.63. The molecule has 0 amide bonds. The fraction of sp³-hybridized carbons (Fsp3) is 0.308. The van der Waals surface area contributed by atoms with E-state index in [9.17, 15) is 0 Å². The van der Waals surface area contributed by atoms with Crippen LogP contribution in [0.1, 0.15) is 11.1 Å². The average Bonchev–Trinajstić information content (AvgIpc) is 2.33. The fourth-order valence-electron chi connectivity index (χ4n) is 1.76. The number of hydrogen-bond acceptors (Lipinski definition) is 6. The van der Waals surface area contributed by atoms with E-state index < -0.39 is 0 Å². The maximum Gasteiger partial charge on any atom is 0.328 e. The molecule has 0 aliphatic carbocycles. The molecule has 0 saturated heterocycles. The van der Waals surface area contributed by atoms with E-state index in [2.05, 4.69) is 15.0 Å². The molecule has 0 atom stereocenters. The highest BCUT2D eigenvalue weighted by Crippen LogP contribution is 2.30.